The summed E-state index contributed by atoms with van der Waals surface area (Å²) in [5.41, 5.74) is 12.0. The summed E-state index contributed by atoms with van der Waals surface area (Å²) in [4.78, 5) is 6.66. The van der Waals surface area contributed by atoms with Crippen molar-refractivity contribution in [2.24, 2.45) is 0 Å². The predicted molar refractivity (Wildman–Crippen MR) is 218 cm³/mol. The molecule has 2 aromatic heterocycles. The normalized spacial score (nSPS) is 11.5. The fourth-order valence-corrected chi connectivity index (χ4v) is 7.67. The molecule has 0 unspecified atom stereocenters. The highest BCUT2D eigenvalue weighted by atomic mass is 16.3. The summed E-state index contributed by atoms with van der Waals surface area (Å²) in [6.07, 6.45) is 3.72. The number of hydrogen-bond acceptors (Lipinski definition) is 3. The van der Waals surface area contributed by atoms with Gasteiger partial charge < -0.3 is 9.32 Å². The Kier molecular flexibility index (Phi) is 7.14. The number of aromatic nitrogens is 1. The Bertz CT molecular complexity index is 2880. The predicted octanol–water partition coefficient (Wildman–Crippen LogP) is 13.8. The van der Waals surface area contributed by atoms with Gasteiger partial charge in [0, 0.05) is 45.3 Å². The van der Waals surface area contributed by atoms with E-state index in [2.05, 4.69) is 186 Å². The molecule has 3 heteroatoms. The van der Waals surface area contributed by atoms with Crippen molar-refractivity contribution in [1.82, 2.24) is 4.98 Å². The van der Waals surface area contributed by atoms with Gasteiger partial charge in [-0.05, 0) is 86.6 Å². The van der Waals surface area contributed by atoms with Gasteiger partial charge in [-0.2, -0.15) is 0 Å². The monoisotopic (exact) mass is 664 g/mol. The van der Waals surface area contributed by atoms with Crippen molar-refractivity contribution in [3.63, 3.8) is 0 Å². The molecule has 0 aliphatic carbocycles. The standard InChI is InChI=1S/C49H32N2O/c1-2-10-33(11-3-1)40-15-6-7-16-42(40)35-20-25-38(26-21-35)51(39-27-22-36(23-28-39)43-17-8-13-34-12-4-5-14-41(34)43)47-19-9-18-45-46-29-24-37-32-50-31-30-44(37)48(46)52-49(45)47/h1-32H. The van der Waals surface area contributed by atoms with E-state index in [0.29, 0.717) is 0 Å². The molecule has 10 rings (SSSR count). The summed E-state index contributed by atoms with van der Waals surface area (Å²) in [6.45, 7) is 0. The van der Waals surface area contributed by atoms with E-state index in [0.717, 1.165) is 55.3 Å². The van der Waals surface area contributed by atoms with Crippen molar-refractivity contribution < 1.29 is 4.42 Å². The van der Waals surface area contributed by atoms with Gasteiger partial charge in [-0.3, -0.25) is 4.98 Å². The number of hydrogen-bond donors (Lipinski definition) is 0. The summed E-state index contributed by atoms with van der Waals surface area (Å²) >= 11 is 0. The molecule has 52 heavy (non-hydrogen) atoms. The van der Waals surface area contributed by atoms with Crippen molar-refractivity contribution in [3.8, 4) is 33.4 Å². The fraction of sp³-hybridized carbons (Fsp3) is 0. The molecule has 0 aliphatic heterocycles. The maximum absolute atomic E-state index is 6.85. The van der Waals surface area contributed by atoms with Crippen LogP contribution in [0, 0.1) is 0 Å². The second-order valence-electron chi connectivity index (χ2n) is 13.2. The van der Waals surface area contributed by atoms with Gasteiger partial charge in [0.1, 0.15) is 5.58 Å². The van der Waals surface area contributed by atoms with Crippen LogP contribution in [0.5, 0.6) is 0 Å². The molecule has 0 spiro atoms. The Hall–Kier alpha value is -6.97. The van der Waals surface area contributed by atoms with Crippen LogP contribution in [0.4, 0.5) is 17.1 Å². The number of nitrogens with zero attached hydrogens (tertiary/aromatic N) is 2. The van der Waals surface area contributed by atoms with Crippen molar-refractivity contribution >= 4 is 60.5 Å². The van der Waals surface area contributed by atoms with Crippen LogP contribution in [0.15, 0.2) is 199 Å². The molecular formula is C49H32N2O. The summed E-state index contributed by atoms with van der Waals surface area (Å²) in [5, 5.41) is 6.77. The Labute approximate surface area is 301 Å². The van der Waals surface area contributed by atoms with E-state index < -0.39 is 0 Å². The number of fused-ring (bicyclic) bond motifs is 6. The molecule has 3 nitrogen and oxygen atoms in total. The van der Waals surface area contributed by atoms with E-state index in [1.165, 1.54) is 38.6 Å². The molecule has 0 aliphatic rings. The van der Waals surface area contributed by atoms with Gasteiger partial charge in [-0.25, -0.2) is 0 Å². The van der Waals surface area contributed by atoms with Crippen molar-refractivity contribution in [3.05, 3.63) is 194 Å². The molecule has 0 amide bonds. The first-order valence-electron chi connectivity index (χ1n) is 17.6. The van der Waals surface area contributed by atoms with Crippen LogP contribution in [-0.2, 0) is 0 Å². The topological polar surface area (TPSA) is 29.3 Å². The first kappa shape index (κ1) is 29.9. The van der Waals surface area contributed by atoms with E-state index in [1.54, 1.807) is 0 Å². The lowest BCUT2D eigenvalue weighted by molar-refractivity contribution is 0.673. The molecule has 0 N–H and O–H groups in total. The van der Waals surface area contributed by atoms with E-state index in [4.69, 9.17) is 4.42 Å². The molecule has 0 saturated carbocycles. The van der Waals surface area contributed by atoms with Crippen LogP contribution >= 0.6 is 0 Å². The molecule has 0 radical (unpaired) electrons. The summed E-state index contributed by atoms with van der Waals surface area (Å²) in [5.74, 6) is 0. The molecule has 10 aromatic rings. The maximum atomic E-state index is 6.85. The summed E-state index contributed by atoms with van der Waals surface area (Å²) < 4.78 is 6.85. The van der Waals surface area contributed by atoms with Crippen LogP contribution in [-0.4, -0.2) is 4.98 Å². The van der Waals surface area contributed by atoms with E-state index in [9.17, 15) is 0 Å². The number of anilines is 3. The van der Waals surface area contributed by atoms with E-state index in [1.807, 2.05) is 18.5 Å². The Morgan fingerprint density at radius 1 is 0.365 bits per heavy atom. The van der Waals surface area contributed by atoms with Crippen LogP contribution in [0.1, 0.15) is 0 Å². The highest BCUT2D eigenvalue weighted by Crippen LogP contribution is 2.44. The minimum absolute atomic E-state index is 0.846. The number of pyridine rings is 1. The third-order valence-electron chi connectivity index (χ3n) is 10.2. The molecule has 8 aromatic carbocycles. The van der Waals surface area contributed by atoms with Gasteiger partial charge in [0.05, 0.1) is 5.69 Å². The van der Waals surface area contributed by atoms with Crippen LogP contribution < -0.4 is 4.90 Å². The van der Waals surface area contributed by atoms with Crippen molar-refractivity contribution in [2.75, 3.05) is 4.90 Å². The van der Waals surface area contributed by atoms with Crippen LogP contribution in [0.2, 0.25) is 0 Å². The van der Waals surface area contributed by atoms with Gasteiger partial charge in [0.15, 0.2) is 5.58 Å². The lowest BCUT2D eigenvalue weighted by atomic mass is 9.94. The number of furan rings is 1. The molecule has 0 bridgehead atoms. The van der Waals surface area contributed by atoms with Gasteiger partial charge in [0.2, 0.25) is 0 Å². The SMILES string of the molecule is c1ccc(-c2ccccc2-c2ccc(N(c3ccc(-c4cccc5ccccc45)cc3)c3cccc4c3oc3c5ccncc5ccc43)cc2)cc1. The van der Waals surface area contributed by atoms with Gasteiger partial charge in [-0.15, -0.1) is 0 Å². The highest BCUT2D eigenvalue weighted by Gasteiger charge is 2.21. The largest absolute Gasteiger partial charge is 0.453 e. The van der Waals surface area contributed by atoms with E-state index >= 15 is 0 Å². The number of rotatable bonds is 6. The molecule has 0 saturated heterocycles. The third kappa shape index (κ3) is 5.02. The van der Waals surface area contributed by atoms with Crippen molar-refractivity contribution in [1.29, 1.82) is 0 Å². The zero-order chi connectivity index (χ0) is 34.4. The Morgan fingerprint density at radius 3 is 1.71 bits per heavy atom. The van der Waals surface area contributed by atoms with Gasteiger partial charge >= 0.3 is 0 Å². The molecule has 0 fully saturated rings. The molecule has 2 heterocycles. The van der Waals surface area contributed by atoms with Gasteiger partial charge in [0.25, 0.3) is 0 Å². The summed E-state index contributed by atoms with van der Waals surface area (Å²) in [7, 11) is 0. The average molecular weight is 665 g/mol. The van der Waals surface area contributed by atoms with Gasteiger partial charge in [-0.1, -0.05) is 140 Å². The first-order valence-corrected chi connectivity index (χ1v) is 17.6. The second kappa shape index (κ2) is 12.4. The number of benzene rings is 8. The minimum Gasteiger partial charge on any atom is -0.453 e. The van der Waals surface area contributed by atoms with E-state index in [-0.39, 0.29) is 0 Å². The van der Waals surface area contributed by atoms with Crippen LogP contribution in [0.25, 0.3) is 76.9 Å². The highest BCUT2D eigenvalue weighted by molar-refractivity contribution is 6.17. The molecular weight excluding hydrogens is 633 g/mol. The molecule has 0 atom stereocenters. The third-order valence-corrected chi connectivity index (χ3v) is 10.2. The smallest absolute Gasteiger partial charge is 0.159 e. The zero-order valence-electron chi connectivity index (χ0n) is 28.3. The zero-order valence-corrected chi connectivity index (χ0v) is 28.3. The quantitative estimate of drug-likeness (QED) is 0.177. The lowest BCUT2D eigenvalue weighted by Crippen LogP contribution is -2.10. The van der Waals surface area contributed by atoms with Crippen molar-refractivity contribution in [2.45, 2.75) is 0 Å². The molecule has 244 valence electrons. The lowest BCUT2D eigenvalue weighted by Gasteiger charge is -2.26. The number of para-hydroxylation sites is 1. The summed E-state index contributed by atoms with van der Waals surface area (Å²) in [6, 6.07) is 64.9. The Balaban J connectivity index is 1.14. The minimum atomic E-state index is 0.846. The average Bonchev–Trinajstić information content (AvgIpc) is 3.62. The first-order chi connectivity index (χ1) is 25.8. The second-order valence-corrected chi connectivity index (χ2v) is 13.2. The Morgan fingerprint density at radius 2 is 0.942 bits per heavy atom. The van der Waals surface area contributed by atoms with Crippen LogP contribution in [0.3, 0.4) is 0 Å². The maximum Gasteiger partial charge on any atom is 0.159 e. The fourth-order valence-electron chi connectivity index (χ4n) is 7.67.